The predicted molar refractivity (Wildman–Crippen MR) is 88.1 cm³/mol. The summed E-state index contributed by atoms with van der Waals surface area (Å²) in [5, 5.41) is 11.5. The molecule has 1 amide bonds. The highest BCUT2D eigenvalue weighted by Crippen LogP contribution is 2.19. The SMILES string of the molecule is Cc1cccc(C(=O)N(CC/C(N)=N/O)C(C)C)c1I. The van der Waals surface area contributed by atoms with Gasteiger partial charge in [-0.25, -0.2) is 0 Å². The largest absolute Gasteiger partial charge is 0.409 e. The van der Waals surface area contributed by atoms with E-state index in [1.807, 2.05) is 39.0 Å². The molecule has 0 fully saturated rings. The van der Waals surface area contributed by atoms with Crippen molar-refractivity contribution in [2.24, 2.45) is 10.9 Å². The number of benzene rings is 1. The Bertz CT molecular complexity index is 515. The molecule has 5 nitrogen and oxygen atoms in total. The molecule has 0 unspecified atom stereocenters. The fraction of sp³-hybridized carbons (Fsp3) is 0.429. The van der Waals surface area contributed by atoms with E-state index >= 15 is 0 Å². The molecule has 0 saturated carbocycles. The molecule has 0 saturated heterocycles. The number of hydrogen-bond donors (Lipinski definition) is 2. The van der Waals surface area contributed by atoms with Crippen molar-refractivity contribution >= 4 is 34.3 Å². The van der Waals surface area contributed by atoms with Crippen LogP contribution in [-0.2, 0) is 0 Å². The van der Waals surface area contributed by atoms with Crippen LogP contribution < -0.4 is 5.73 Å². The lowest BCUT2D eigenvalue weighted by atomic mass is 10.1. The molecule has 6 heteroatoms. The molecule has 1 rings (SSSR count). The van der Waals surface area contributed by atoms with Gasteiger partial charge < -0.3 is 15.8 Å². The number of oxime groups is 1. The molecule has 0 bridgehead atoms. The minimum Gasteiger partial charge on any atom is -0.409 e. The Hall–Kier alpha value is -1.31. The number of hydrogen-bond acceptors (Lipinski definition) is 3. The van der Waals surface area contributed by atoms with E-state index < -0.39 is 0 Å². The zero-order valence-corrected chi connectivity index (χ0v) is 14.1. The van der Waals surface area contributed by atoms with Crippen molar-refractivity contribution in [3.63, 3.8) is 0 Å². The van der Waals surface area contributed by atoms with Crippen LogP contribution in [0.1, 0.15) is 36.2 Å². The number of carbonyl (C=O) groups excluding carboxylic acids is 1. The summed E-state index contributed by atoms with van der Waals surface area (Å²) >= 11 is 2.19. The highest BCUT2D eigenvalue weighted by atomic mass is 127. The van der Waals surface area contributed by atoms with Gasteiger partial charge in [0, 0.05) is 22.6 Å². The number of carbonyl (C=O) groups is 1. The Kier molecular flexibility index (Phi) is 6.25. The third-order valence-electron chi connectivity index (χ3n) is 3.04. The number of amidine groups is 1. The smallest absolute Gasteiger partial charge is 0.255 e. The predicted octanol–water partition coefficient (Wildman–Crippen LogP) is 2.59. The van der Waals surface area contributed by atoms with Gasteiger partial charge in [0.15, 0.2) is 0 Å². The molecule has 0 aliphatic heterocycles. The Balaban J connectivity index is 2.97. The number of aryl methyl sites for hydroxylation is 1. The summed E-state index contributed by atoms with van der Waals surface area (Å²) in [7, 11) is 0. The Morgan fingerprint density at radius 2 is 2.15 bits per heavy atom. The average Bonchev–Trinajstić information content (AvgIpc) is 2.41. The van der Waals surface area contributed by atoms with Crippen molar-refractivity contribution in [2.45, 2.75) is 33.2 Å². The van der Waals surface area contributed by atoms with Gasteiger partial charge in [0.05, 0.1) is 5.56 Å². The summed E-state index contributed by atoms with van der Waals surface area (Å²) < 4.78 is 0.963. The lowest BCUT2D eigenvalue weighted by molar-refractivity contribution is 0.0709. The molecule has 1 aromatic carbocycles. The van der Waals surface area contributed by atoms with Crippen LogP contribution in [0.2, 0.25) is 0 Å². The number of nitrogens with zero attached hydrogens (tertiary/aromatic N) is 2. The quantitative estimate of drug-likeness (QED) is 0.267. The van der Waals surface area contributed by atoms with E-state index in [4.69, 9.17) is 10.9 Å². The molecule has 0 radical (unpaired) electrons. The molecule has 0 heterocycles. The van der Waals surface area contributed by atoms with Gasteiger partial charge in [-0.2, -0.15) is 0 Å². The van der Waals surface area contributed by atoms with Gasteiger partial charge in [-0.05, 0) is 55.0 Å². The first-order chi connectivity index (χ1) is 9.38. The summed E-state index contributed by atoms with van der Waals surface area (Å²) in [5.41, 5.74) is 7.25. The Morgan fingerprint density at radius 1 is 1.50 bits per heavy atom. The van der Waals surface area contributed by atoms with Gasteiger partial charge in [-0.15, -0.1) is 0 Å². The number of halogens is 1. The normalized spacial score (nSPS) is 11.8. The molecule has 0 aromatic heterocycles. The van der Waals surface area contributed by atoms with Crippen molar-refractivity contribution in [3.05, 3.63) is 32.9 Å². The summed E-state index contributed by atoms with van der Waals surface area (Å²) in [4.78, 5) is 14.4. The monoisotopic (exact) mass is 389 g/mol. The van der Waals surface area contributed by atoms with Gasteiger partial charge in [-0.3, -0.25) is 4.79 Å². The van der Waals surface area contributed by atoms with Gasteiger partial charge >= 0.3 is 0 Å². The fourth-order valence-electron chi connectivity index (χ4n) is 1.85. The van der Waals surface area contributed by atoms with E-state index in [9.17, 15) is 4.79 Å². The second-order valence-corrected chi connectivity index (χ2v) is 5.95. The van der Waals surface area contributed by atoms with Crippen LogP contribution in [0.4, 0.5) is 0 Å². The van der Waals surface area contributed by atoms with E-state index in [1.54, 1.807) is 4.90 Å². The standard InChI is InChI=1S/C14H20IN3O2/c1-9(2)18(8-7-12(16)17-20)14(19)11-6-4-5-10(3)13(11)15/h4-6,9,20H,7-8H2,1-3H3,(H2,16,17). The molecule has 20 heavy (non-hydrogen) atoms. The molecular formula is C14H20IN3O2. The maximum atomic E-state index is 12.6. The number of rotatable bonds is 5. The van der Waals surface area contributed by atoms with Crippen LogP contribution in [0.3, 0.4) is 0 Å². The van der Waals surface area contributed by atoms with Crippen molar-refractivity contribution in [1.82, 2.24) is 4.90 Å². The van der Waals surface area contributed by atoms with Crippen LogP contribution in [0.15, 0.2) is 23.4 Å². The van der Waals surface area contributed by atoms with Gasteiger partial charge in [0.1, 0.15) is 5.84 Å². The highest BCUT2D eigenvalue weighted by molar-refractivity contribution is 14.1. The molecule has 0 atom stereocenters. The molecule has 1 aromatic rings. The molecule has 0 aliphatic carbocycles. The molecule has 3 N–H and O–H groups in total. The Morgan fingerprint density at radius 3 is 2.70 bits per heavy atom. The van der Waals surface area contributed by atoms with Gasteiger partial charge in [0.2, 0.25) is 0 Å². The van der Waals surface area contributed by atoms with E-state index in [2.05, 4.69) is 27.7 Å². The topological polar surface area (TPSA) is 78.9 Å². The molecular weight excluding hydrogens is 369 g/mol. The number of amides is 1. The Labute approximate surface area is 133 Å². The van der Waals surface area contributed by atoms with E-state index in [0.717, 1.165) is 9.13 Å². The van der Waals surface area contributed by atoms with Crippen LogP contribution in [0.25, 0.3) is 0 Å². The fourth-order valence-corrected chi connectivity index (χ4v) is 2.44. The van der Waals surface area contributed by atoms with Crippen molar-refractivity contribution in [3.8, 4) is 0 Å². The van der Waals surface area contributed by atoms with Crippen molar-refractivity contribution in [2.75, 3.05) is 6.54 Å². The average molecular weight is 389 g/mol. The first-order valence-corrected chi connectivity index (χ1v) is 7.48. The second-order valence-electron chi connectivity index (χ2n) is 4.87. The van der Waals surface area contributed by atoms with Crippen LogP contribution in [0.5, 0.6) is 0 Å². The van der Waals surface area contributed by atoms with Crippen molar-refractivity contribution < 1.29 is 10.0 Å². The third-order valence-corrected chi connectivity index (χ3v) is 4.48. The zero-order chi connectivity index (χ0) is 15.3. The molecule has 0 spiro atoms. The highest BCUT2D eigenvalue weighted by Gasteiger charge is 2.21. The van der Waals surface area contributed by atoms with Crippen LogP contribution in [0, 0.1) is 10.5 Å². The minimum absolute atomic E-state index is 0.0289. The molecule has 110 valence electrons. The lowest BCUT2D eigenvalue weighted by Crippen LogP contribution is -2.39. The van der Waals surface area contributed by atoms with Gasteiger partial charge in [-0.1, -0.05) is 17.3 Å². The van der Waals surface area contributed by atoms with E-state index in [1.165, 1.54) is 0 Å². The lowest BCUT2D eigenvalue weighted by Gasteiger charge is -2.27. The van der Waals surface area contributed by atoms with Crippen LogP contribution in [-0.4, -0.2) is 34.4 Å². The minimum atomic E-state index is -0.0289. The van der Waals surface area contributed by atoms with Crippen molar-refractivity contribution in [1.29, 1.82) is 0 Å². The summed E-state index contributed by atoms with van der Waals surface area (Å²) in [6, 6.07) is 5.74. The summed E-state index contributed by atoms with van der Waals surface area (Å²) in [6.45, 7) is 6.31. The first-order valence-electron chi connectivity index (χ1n) is 6.41. The van der Waals surface area contributed by atoms with E-state index in [-0.39, 0.29) is 17.8 Å². The maximum Gasteiger partial charge on any atom is 0.255 e. The summed E-state index contributed by atoms with van der Waals surface area (Å²) in [6.07, 6.45) is 0.350. The summed E-state index contributed by atoms with van der Waals surface area (Å²) in [5.74, 6) is 0.0984. The third kappa shape index (κ3) is 4.09. The molecule has 0 aliphatic rings. The first kappa shape index (κ1) is 16.7. The van der Waals surface area contributed by atoms with Crippen LogP contribution >= 0.6 is 22.6 Å². The maximum absolute atomic E-state index is 12.6. The zero-order valence-electron chi connectivity index (χ0n) is 11.9. The second kappa shape index (κ2) is 7.47. The number of nitrogens with two attached hydrogens (primary N) is 1. The van der Waals surface area contributed by atoms with E-state index in [0.29, 0.717) is 18.5 Å². The van der Waals surface area contributed by atoms with Gasteiger partial charge in [0.25, 0.3) is 5.91 Å².